The third-order valence-corrected chi connectivity index (χ3v) is 2.97. The third-order valence-electron chi connectivity index (χ3n) is 2.97. The number of hydrogen-bond acceptors (Lipinski definition) is 4. The number of nitrogens with zero attached hydrogens (tertiary/aromatic N) is 2. The van der Waals surface area contributed by atoms with Gasteiger partial charge < -0.3 is 4.74 Å². The van der Waals surface area contributed by atoms with Crippen LogP contribution in [-0.4, -0.2) is 30.6 Å². The van der Waals surface area contributed by atoms with Gasteiger partial charge in [0.1, 0.15) is 0 Å². The van der Waals surface area contributed by atoms with Crippen LogP contribution in [0, 0.1) is 18.3 Å². The SMILES string of the molecule is CCOC(=O)CN(CC)Cc1ccc(C#N)cc1C. The van der Waals surface area contributed by atoms with Crippen LogP contribution >= 0.6 is 0 Å². The van der Waals surface area contributed by atoms with E-state index in [-0.39, 0.29) is 5.97 Å². The van der Waals surface area contributed by atoms with Crippen molar-refractivity contribution >= 4 is 5.97 Å². The van der Waals surface area contributed by atoms with E-state index in [1.165, 1.54) is 0 Å². The third kappa shape index (κ3) is 4.72. The fourth-order valence-corrected chi connectivity index (χ4v) is 1.85. The molecule has 0 fully saturated rings. The first-order chi connectivity index (χ1) is 9.10. The second-order valence-corrected chi connectivity index (χ2v) is 4.36. The topological polar surface area (TPSA) is 53.3 Å². The molecule has 4 heteroatoms. The number of aryl methyl sites for hydroxylation is 1. The summed E-state index contributed by atoms with van der Waals surface area (Å²) in [6, 6.07) is 7.74. The largest absolute Gasteiger partial charge is 0.465 e. The van der Waals surface area contributed by atoms with Gasteiger partial charge in [-0.1, -0.05) is 13.0 Å². The Bertz CT molecular complexity index is 478. The molecule has 0 N–H and O–H groups in total. The molecular formula is C15H20N2O2. The maximum absolute atomic E-state index is 11.5. The van der Waals surface area contributed by atoms with Gasteiger partial charge in [-0.2, -0.15) is 5.26 Å². The Labute approximate surface area is 114 Å². The van der Waals surface area contributed by atoms with Crippen molar-refractivity contribution in [3.63, 3.8) is 0 Å². The maximum atomic E-state index is 11.5. The number of rotatable bonds is 6. The van der Waals surface area contributed by atoms with Crippen molar-refractivity contribution in [1.29, 1.82) is 5.26 Å². The minimum Gasteiger partial charge on any atom is -0.465 e. The van der Waals surface area contributed by atoms with Crippen molar-refractivity contribution < 1.29 is 9.53 Å². The van der Waals surface area contributed by atoms with Crippen LogP contribution in [-0.2, 0) is 16.1 Å². The zero-order chi connectivity index (χ0) is 14.3. The van der Waals surface area contributed by atoms with Crippen LogP contribution in [0.4, 0.5) is 0 Å². The molecule has 19 heavy (non-hydrogen) atoms. The molecular weight excluding hydrogens is 240 g/mol. The van der Waals surface area contributed by atoms with Gasteiger partial charge in [0, 0.05) is 6.54 Å². The second kappa shape index (κ2) is 7.55. The Balaban J connectivity index is 2.71. The molecule has 0 aromatic heterocycles. The zero-order valence-corrected chi connectivity index (χ0v) is 11.8. The molecule has 0 saturated carbocycles. The highest BCUT2D eigenvalue weighted by Gasteiger charge is 2.11. The number of likely N-dealkylation sites (N-methyl/N-ethyl adjacent to an activating group) is 1. The van der Waals surface area contributed by atoms with Gasteiger partial charge in [-0.3, -0.25) is 9.69 Å². The van der Waals surface area contributed by atoms with Gasteiger partial charge >= 0.3 is 5.97 Å². The highest BCUT2D eigenvalue weighted by atomic mass is 16.5. The lowest BCUT2D eigenvalue weighted by molar-refractivity contribution is -0.144. The lowest BCUT2D eigenvalue weighted by Gasteiger charge is -2.20. The van der Waals surface area contributed by atoms with Crippen LogP contribution in [0.1, 0.15) is 30.5 Å². The number of esters is 1. The summed E-state index contributed by atoms with van der Waals surface area (Å²) in [4.78, 5) is 13.5. The Morgan fingerprint density at radius 3 is 2.68 bits per heavy atom. The summed E-state index contributed by atoms with van der Waals surface area (Å²) in [5.74, 6) is -0.198. The van der Waals surface area contributed by atoms with E-state index < -0.39 is 0 Å². The van der Waals surface area contributed by atoms with Crippen molar-refractivity contribution in [3.05, 3.63) is 34.9 Å². The van der Waals surface area contributed by atoms with Crippen molar-refractivity contribution in [3.8, 4) is 6.07 Å². The van der Waals surface area contributed by atoms with Gasteiger partial charge in [0.2, 0.25) is 0 Å². The summed E-state index contributed by atoms with van der Waals surface area (Å²) < 4.78 is 4.95. The molecule has 0 amide bonds. The van der Waals surface area contributed by atoms with E-state index >= 15 is 0 Å². The lowest BCUT2D eigenvalue weighted by Crippen LogP contribution is -2.30. The average Bonchev–Trinajstić information content (AvgIpc) is 2.40. The predicted molar refractivity (Wildman–Crippen MR) is 73.5 cm³/mol. The summed E-state index contributed by atoms with van der Waals surface area (Å²) in [6.07, 6.45) is 0. The monoisotopic (exact) mass is 260 g/mol. The molecule has 0 bridgehead atoms. The summed E-state index contributed by atoms with van der Waals surface area (Å²) in [5, 5.41) is 8.84. The molecule has 0 saturated heterocycles. The first kappa shape index (κ1) is 15.2. The zero-order valence-electron chi connectivity index (χ0n) is 11.8. The van der Waals surface area contributed by atoms with Crippen LogP contribution < -0.4 is 0 Å². The Morgan fingerprint density at radius 2 is 2.16 bits per heavy atom. The minimum atomic E-state index is -0.198. The van der Waals surface area contributed by atoms with Gasteiger partial charge in [-0.25, -0.2) is 0 Å². The highest BCUT2D eigenvalue weighted by molar-refractivity contribution is 5.71. The van der Waals surface area contributed by atoms with Crippen LogP contribution in [0.5, 0.6) is 0 Å². The van der Waals surface area contributed by atoms with Crippen LogP contribution in [0.2, 0.25) is 0 Å². The molecule has 0 spiro atoms. The molecule has 4 nitrogen and oxygen atoms in total. The maximum Gasteiger partial charge on any atom is 0.320 e. The summed E-state index contributed by atoms with van der Waals surface area (Å²) >= 11 is 0. The van der Waals surface area contributed by atoms with Crippen molar-refractivity contribution in [1.82, 2.24) is 4.90 Å². The van der Waals surface area contributed by atoms with Crippen molar-refractivity contribution in [2.75, 3.05) is 19.7 Å². The lowest BCUT2D eigenvalue weighted by atomic mass is 10.1. The van der Waals surface area contributed by atoms with E-state index in [1.807, 2.05) is 30.9 Å². The molecule has 0 radical (unpaired) electrons. The molecule has 1 rings (SSSR count). The van der Waals surface area contributed by atoms with Crippen LogP contribution in [0.25, 0.3) is 0 Å². The number of nitriles is 1. The molecule has 0 aliphatic carbocycles. The standard InChI is InChI=1S/C15H20N2O2/c1-4-17(11-15(18)19-5-2)10-14-7-6-13(9-16)8-12(14)3/h6-8H,4-5,10-11H2,1-3H3. The number of benzene rings is 1. The summed E-state index contributed by atoms with van der Waals surface area (Å²) in [6.45, 7) is 7.96. The van der Waals surface area contributed by atoms with Crippen molar-refractivity contribution in [2.45, 2.75) is 27.3 Å². The van der Waals surface area contributed by atoms with E-state index in [0.29, 0.717) is 25.3 Å². The number of carbonyl (C=O) groups is 1. The molecule has 1 aromatic rings. The summed E-state index contributed by atoms with van der Waals surface area (Å²) in [7, 11) is 0. The minimum absolute atomic E-state index is 0.198. The van der Waals surface area contributed by atoms with Gasteiger partial charge in [0.25, 0.3) is 0 Å². The van der Waals surface area contributed by atoms with Gasteiger partial charge in [-0.05, 0) is 43.7 Å². The second-order valence-electron chi connectivity index (χ2n) is 4.36. The van der Waals surface area contributed by atoms with E-state index in [0.717, 1.165) is 17.7 Å². The number of ether oxygens (including phenoxy) is 1. The first-order valence-corrected chi connectivity index (χ1v) is 6.48. The Hall–Kier alpha value is -1.86. The Kier molecular flexibility index (Phi) is 6.04. The molecule has 0 atom stereocenters. The quantitative estimate of drug-likeness (QED) is 0.736. The van der Waals surface area contributed by atoms with Crippen molar-refractivity contribution in [2.24, 2.45) is 0 Å². The van der Waals surface area contributed by atoms with Crippen LogP contribution in [0.15, 0.2) is 18.2 Å². The highest BCUT2D eigenvalue weighted by Crippen LogP contribution is 2.13. The normalized spacial score (nSPS) is 10.3. The van der Waals surface area contributed by atoms with E-state index in [4.69, 9.17) is 10.00 Å². The average molecular weight is 260 g/mol. The molecule has 0 aliphatic heterocycles. The van der Waals surface area contributed by atoms with E-state index in [1.54, 1.807) is 13.0 Å². The predicted octanol–water partition coefficient (Wildman–Crippen LogP) is 2.25. The van der Waals surface area contributed by atoms with Gasteiger partial charge in [0.15, 0.2) is 0 Å². The first-order valence-electron chi connectivity index (χ1n) is 6.48. The van der Waals surface area contributed by atoms with E-state index in [9.17, 15) is 4.79 Å². The molecule has 0 heterocycles. The molecule has 1 aromatic carbocycles. The molecule has 102 valence electrons. The number of hydrogen-bond donors (Lipinski definition) is 0. The van der Waals surface area contributed by atoms with E-state index in [2.05, 4.69) is 6.07 Å². The fourth-order valence-electron chi connectivity index (χ4n) is 1.85. The van der Waals surface area contributed by atoms with Gasteiger partial charge in [0.05, 0.1) is 24.8 Å². The fraction of sp³-hybridized carbons (Fsp3) is 0.467. The molecule has 0 aliphatic rings. The molecule has 0 unspecified atom stereocenters. The summed E-state index contributed by atoms with van der Waals surface area (Å²) in [5.41, 5.74) is 2.86. The smallest absolute Gasteiger partial charge is 0.320 e. The van der Waals surface area contributed by atoms with Gasteiger partial charge in [-0.15, -0.1) is 0 Å². The van der Waals surface area contributed by atoms with Crippen LogP contribution in [0.3, 0.4) is 0 Å². The Morgan fingerprint density at radius 1 is 1.42 bits per heavy atom. The number of carbonyl (C=O) groups excluding carboxylic acids is 1.